The maximum Gasteiger partial charge on any atom is 0.439 e. The lowest BCUT2D eigenvalue weighted by atomic mass is 10.00. The summed E-state index contributed by atoms with van der Waals surface area (Å²) in [5.74, 6) is -0.429. The molecule has 5 nitrogen and oxygen atoms in total. The number of hydrazone groups is 1. The topological polar surface area (TPSA) is 70.0 Å². The van der Waals surface area contributed by atoms with E-state index in [1.165, 1.54) is 24.3 Å². The summed E-state index contributed by atoms with van der Waals surface area (Å²) in [5.41, 5.74) is -2.85. The number of benzene rings is 1. The van der Waals surface area contributed by atoms with Gasteiger partial charge in [0, 0.05) is 12.1 Å². The standard InChI is InChI=1S/C14H17F3N2O3S/c1-9(2)12-8-13(20,14(15,16)17)19(18-12)23(21,22)11-6-4-10(3)5-7-11/h4-7,9,20H,8H2,1-3H3/t13-/m0/s1. The third-order valence-corrected chi connectivity index (χ3v) is 5.34. The Kier molecular flexibility index (Phi) is 4.23. The summed E-state index contributed by atoms with van der Waals surface area (Å²) in [5, 5.41) is 13.6. The van der Waals surface area contributed by atoms with Gasteiger partial charge in [-0.15, -0.1) is 4.41 Å². The van der Waals surface area contributed by atoms with Crippen molar-refractivity contribution in [2.45, 2.75) is 44.0 Å². The maximum absolute atomic E-state index is 13.3. The van der Waals surface area contributed by atoms with Crippen molar-refractivity contribution in [3.05, 3.63) is 29.8 Å². The lowest BCUT2D eigenvalue weighted by Crippen LogP contribution is -2.56. The number of hydrogen-bond acceptors (Lipinski definition) is 4. The van der Waals surface area contributed by atoms with Crippen LogP contribution in [0.5, 0.6) is 0 Å². The van der Waals surface area contributed by atoms with Crippen LogP contribution >= 0.6 is 0 Å². The van der Waals surface area contributed by atoms with Gasteiger partial charge in [-0.3, -0.25) is 0 Å². The smallest absolute Gasteiger partial charge is 0.361 e. The molecule has 2 rings (SSSR count). The van der Waals surface area contributed by atoms with Crippen molar-refractivity contribution in [2.24, 2.45) is 11.0 Å². The van der Waals surface area contributed by atoms with Crippen LogP contribution in [0, 0.1) is 12.8 Å². The summed E-state index contributed by atoms with van der Waals surface area (Å²) in [7, 11) is -4.64. The number of alkyl halides is 3. The molecule has 9 heteroatoms. The first kappa shape index (κ1) is 17.7. The van der Waals surface area contributed by atoms with Crippen LogP contribution in [-0.4, -0.2) is 35.6 Å². The predicted octanol–water partition coefficient (Wildman–Crippen LogP) is 2.65. The van der Waals surface area contributed by atoms with Gasteiger partial charge in [0.25, 0.3) is 15.7 Å². The fraction of sp³-hybridized carbons (Fsp3) is 0.500. The Labute approximate surface area is 132 Å². The van der Waals surface area contributed by atoms with Gasteiger partial charge >= 0.3 is 6.18 Å². The van der Waals surface area contributed by atoms with E-state index in [1.807, 2.05) is 0 Å². The number of halogens is 3. The van der Waals surface area contributed by atoms with Crippen molar-refractivity contribution in [3.63, 3.8) is 0 Å². The van der Waals surface area contributed by atoms with Gasteiger partial charge in [-0.25, -0.2) is 0 Å². The third-order valence-electron chi connectivity index (χ3n) is 3.63. The molecule has 1 aromatic rings. The molecule has 0 radical (unpaired) electrons. The van der Waals surface area contributed by atoms with Crippen LogP contribution in [0.25, 0.3) is 0 Å². The minimum absolute atomic E-state index is 0.0273. The van der Waals surface area contributed by atoms with Crippen molar-refractivity contribution in [1.29, 1.82) is 0 Å². The molecule has 23 heavy (non-hydrogen) atoms. The van der Waals surface area contributed by atoms with E-state index in [0.29, 0.717) is 0 Å². The number of aryl methyl sites for hydroxylation is 1. The molecule has 0 aliphatic carbocycles. The van der Waals surface area contributed by atoms with E-state index < -0.39 is 34.3 Å². The lowest BCUT2D eigenvalue weighted by Gasteiger charge is -2.33. The van der Waals surface area contributed by atoms with Crippen LogP contribution in [0.15, 0.2) is 34.3 Å². The number of aliphatic hydroxyl groups is 1. The van der Waals surface area contributed by atoms with Crippen LogP contribution in [0.3, 0.4) is 0 Å². The van der Waals surface area contributed by atoms with Gasteiger partial charge in [-0.05, 0) is 25.0 Å². The molecule has 1 aliphatic rings. The molecule has 1 N–H and O–H groups in total. The molecule has 1 aromatic carbocycles. The highest BCUT2D eigenvalue weighted by Gasteiger charge is 2.65. The molecule has 0 saturated carbocycles. The molecule has 0 fully saturated rings. The first-order chi connectivity index (χ1) is 10.4. The van der Waals surface area contributed by atoms with Crippen LogP contribution in [0.2, 0.25) is 0 Å². The zero-order valence-corrected chi connectivity index (χ0v) is 13.6. The van der Waals surface area contributed by atoms with Gasteiger partial charge in [0.15, 0.2) is 0 Å². The minimum Gasteiger partial charge on any atom is -0.361 e. The van der Waals surface area contributed by atoms with E-state index in [4.69, 9.17) is 0 Å². The summed E-state index contributed by atoms with van der Waals surface area (Å²) in [6.45, 7) is 4.88. The molecule has 0 aromatic heterocycles. The van der Waals surface area contributed by atoms with Crippen LogP contribution in [-0.2, 0) is 10.0 Å². The molecule has 0 amide bonds. The highest BCUT2D eigenvalue weighted by Crippen LogP contribution is 2.44. The van der Waals surface area contributed by atoms with Gasteiger partial charge in [-0.2, -0.15) is 26.7 Å². The molecule has 1 aliphatic heterocycles. The zero-order valence-electron chi connectivity index (χ0n) is 12.8. The van der Waals surface area contributed by atoms with Crippen LogP contribution in [0.1, 0.15) is 25.8 Å². The molecule has 128 valence electrons. The van der Waals surface area contributed by atoms with E-state index in [0.717, 1.165) is 5.56 Å². The van der Waals surface area contributed by atoms with Crippen molar-refractivity contribution in [2.75, 3.05) is 0 Å². The molecule has 0 bridgehead atoms. The van der Waals surface area contributed by atoms with Gasteiger partial charge < -0.3 is 5.11 Å². The first-order valence-corrected chi connectivity index (χ1v) is 8.32. The summed E-state index contributed by atoms with van der Waals surface area (Å²) in [6.07, 6.45) is -6.08. The van der Waals surface area contributed by atoms with Gasteiger partial charge in [0.05, 0.1) is 4.90 Å². The quantitative estimate of drug-likeness (QED) is 0.911. The van der Waals surface area contributed by atoms with Crippen LogP contribution < -0.4 is 0 Å². The van der Waals surface area contributed by atoms with Crippen molar-refractivity contribution in [1.82, 2.24) is 4.41 Å². The summed E-state index contributed by atoms with van der Waals surface area (Å²) in [4.78, 5) is -0.362. The van der Waals surface area contributed by atoms with E-state index in [1.54, 1.807) is 20.8 Å². The first-order valence-electron chi connectivity index (χ1n) is 6.88. The van der Waals surface area contributed by atoms with Crippen molar-refractivity contribution in [3.8, 4) is 0 Å². The summed E-state index contributed by atoms with van der Waals surface area (Å²) < 4.78 is 64.8. The highest BCUT2D eigenvalue weighted by molar-refractivity contribution is 7.89. The monoisotopic (exact) mass is 350 g/mol. The van der Waals surface area contributed by atoms with Gasteiger partial charge in [0.2, 0.25) is 0 Å². The molecular weight excluding hydrogens is 333 g/mol. The number of rotatable bonds is 3. The fourth-order valence-electron chi connectivity index (χ4n) is 2.15. The minimum atomic E-state index is -5.18. The maximum atomic E-state index is 13.3. The van der Waals surface area contributed by atoms with Crippen molar-refractivity contribution < 1.29 is 26.7 Å². The SMILES string of the molecule is Cc1ccc(S(=O)(=O)N2N=C(C(C)C)C[C@]2(O)C(F)(F)F)cc1. The van der Waals surface area contributed by atoms with Crippen LogP contribution in [0.4, 0.5) is 13.2 Å². The Bertz CT molecular complexity index is 727. The second-order valence-corrected chi connectivity index (χ2v) is 7.57. The Morgan fingerprint density at radius 2 is 1.78 bits per heavy atom. The van der Waals surface area contributed by atoms with Crippen molar-refractivity contribution >= 4 is 15.7 Å². The largest absolute Gasteiger partial charge is 0.439 e. The number of sulfonamides is 1. The Balaban J connectivity index is 2.58. The van der Waals surface area contributed by atoms with E-state index >= 15 is 0 Å². The zero-order chi connectivity index (χ0) is 17.6. The third kappa shape index (κ3) is 2.94. The average molecular weight is 350 g/mol. The second-order valence-electron chi connectivity index (χ2n) is 5.80. The van der Waals surface area contributed by atoms with E-state index in [2.05, 4.69) is 5.10 Å². The molecule has 0 spiro atoms. The second kappa shape index (κ2) is 5.48. The Morgan fingerprint density at radius 3 is 2.22 bits per heavy atom. The molecule has 1 atom stereocenters. The summed E-state index contributed by atoms with van der Waals surface area (Å²) >= 11 is 0. The fourth-order valence-corrected chi connectivity index (χ4v) is 3.60. The van der Waals surface area contributed by atoms with Gasteiger partial charge in [-0.1, -0.05) is 31.5 Å². The predicted molar refractivity (Wildman–Crippen MR) is 78.1 cm³/mol. The molecule has 0 saturated heterocycles. The molecular formula is C14H17F3N2O3S. The Hall–Kier alpha value is -1.61. The van der Waals surface area contributed by atoms with E-state index in [9.17, 15) is 26.7 Å². The highest BCUT2D eigenvalue weighted by atomic mass is 32.2. The average Bonchev–Trinajstić information content (AvgIpc) is 2.79. The number of hydrogen-bond donors (Lipinski definition) is 1. The Morgan fingerprint density at radius 1 is 1.26 bits per heavy atom. The normalized spacial score (nSPS) is 22.6. The molecule has 0 unspecified atom stereocenters. The summed E-state index contributed by atoms with van der Waals surface area (Å²) in [6, 6.07) is 5.29. The van der Waals surface area contributed by atoms with E-state index in [-0.39, 0.29) is 15.0 Å². The lowest BCUT2D eigenvalue weighted by molar-refractivity contribution is -0.291. The van der Waals surface area contributed by atoms with Gasteiger partial charge in [0.1, 0.15) is 0 Å². The molecule has 1 heterocycles. The number of nitrogens with zero attached hydrogens (tertiary/aromatic N) is 2.